The van der Waals surface area contributed by atoms with E-state index in [0.717, 1.165) is 0 Å². The van der Waals surface area contributed by atoms with Crippen LogP contribution in [0.25, 0.3) is 0 Å². The van der Waals surface area contributed by atoms with Gasteiger partial charge in [-0.1, -0.05) is 58.0 Å². The zero-order chi connectivity index (χ0) is 51.7. The van der Waals surface area contributed by atoms with Gasteiger partial charge in [0.25, 0.3) is 0 Å². The molecule has 17 N–H and O–H groups in total. The molecule has 0 bridgehead atoms. The van der Waals surface area contributed by atoms with Gasteiger partial charge in [0.05, 0.1) is 18.9 Å². The molecule has 0 aliphatic rings. The van der Waals surface area contributed by atoms with Crippen LogP contribution in [0.2, 0.25) is 0 Å². The SMILES string of the molecule is CSCC[C@H](NC(=O)[C@H](C)NC(=O)[C@H](CC(N)=O)NC(=O)[C@H](CC(=O)O)NC(=O)[C@H](Cc1ccccc1)NC(=O)[C@@H](N)CC(C)C)C(=O)N[C@@H](CC(C)C)C(=O)N[C@@H](CCCN=C(N)N)C(=O)O. The van der Waals surface area contributed by atoms with Crippen LogP contribution >= 0.6 is 11.8 Å². The molecule has 0 radical (unpaired) electrons. The van der Waals surface area contributed by atoms with Crippen molar-refractivity contribution in [3.05, 3.63) is 35.9 Å². The molecule has 8 amide bonds. The summed E-state index contributed by atoms with van der Waals surface area (Å²) < 4.78 is 0. The summed E-state index contributed by atoms with van der Waals surface area (Å²) in [4.78, 5) is 134. The maximum Gasteiger partial charge on any atom is 0.326 e. The fraction of sp³-hybridized carbons (Fsp3) is 0.605. The summed E-state index contributed by atoms with van der Waals surface area (Å²) in [7, 11) is 0. The van der Waals surface area contributed by atoms with Gasteiger partial charge in [0.2, 0.25) is 47.3 Å². The number of rotatable bonds is 32. The summed E-state index contributed by atoms with van der Waals surface area (Å²) in [5.74, 6) is -10.4. The highest BCUT2D eigenvalue weighted by Gasteiger charge is 2.35. The summed E-state index contributed by atoms with van der Waals surface area (Å²) >= 11 is 1.34. The lowest BCUT2D eigenvalue weighted by Gasteiger charge is -2.27. The normalized spacial score (nSPS) is 14.5. The molecule has 0 fully saturated rings. The Morgan fingerprint density at radius 2 is 1.07 bits per heavy atom. The maximum atomic E-state index is 13.7. The van der Waals surface area contributed by atoms with Gasteiger partial charge in [-0.3, -0.25) is 48.1 Å². The number of carboxylic acid groups (broad SMARTS) is 2. The number of thioether (sulfide) groups is 1. The molecular formula is C43H70N12O12S. The Bertz CT molecular complexity index is 1920. The van der Waals surface area contributed by atoms with E-state index in [-0.39, 0.29) is 62.9 Å². The number of hydrogen-bond acceptors (Lipinski definition) is 13. The molecule has 380 valence electrons. The van der Waals surface area contributed by atoms with Crippen molar-refractivity contribution >= 4 is 76.9 Å². The summed E-state index contributed by atoms with van der Waals surface area (Å²) in [6.45, 7) is 8.61. The maximum absolute atomic E-state index is 13.7. The molecule has 68 heavy (non-hydrogen) atoms. The standard InChI is InChI=1S/C43H70N12O12S/c1-22(2)17-26(44)36(60)52-30(19-25-11-8-7-9-12-25)40(64)55-32(21-34(57)58)41(65)54-31(20-33(45)56)38(62)49-24(5)35(59)50-27(14-16-68-6)37(61)53-29(18-23(3)4)39(63)51-28(42(66)67)13-10-15-48-43(46)47/h7-9,11-12,22-24,26-32H,10,13-21,44H2,1-6H3,(H2,45,56)(H,49,62)(H,50,59)(H,51,63)(H,52,60)(H,53,61)(H,54,65)(H,55,64)(H,57,58)(H,66,67)(H4,46,47,48)/t24-,26-,27-,28-,29-,30-,31-,32-/m0/s1. The van der Waals surface area contributed by atoms with Crippen molar-refractivity contribution in [3.63, 3.8) is 0 Å². The lowest BCUT2D eigenvalue weighted by atomic mass is 10.0. The van der Waals surface area contributed by atoms with Crippen LogP contribution < -0.4 is 60.2 Å². The van der Waals surface area contributed by atoms with E-state index in [9.17, 15) is 58.2 Å². The Labute approximate surface area is 399 Å². The molecular weight excluding hydrogens is 909 g/mol. The number of nitrogens with one attached hydrogen (secondary N) is 7. The van der Waals surface area contributed by atoms with E-state index in [1.807, 2.05) is 13.8 Å². The summed E-state index contributed by atoms with van der Waals surface area (Å²) in [5.41, 5.74) is 22.7. The van der Waals surface area contributed by atoms with Crippen molar-refractivity contribution in [2.24, 2.45) is 39.8 Å². The Morgan fingerprint density at radius 3 is 1.60 bits per heavy atom. The van der Waals surface area contributed by atoms with Crippen LogP contribution in [-0.2, 0) is 54.4 Å². The van der Waals surface area contributed by atoms with Crippen molar-refractivity contribution in [2.45, 2.75) is 134 Å². The predicted octanol–water partition coefficient (Wildman–Crippen LogP) is -2.70. The van der Waals surface area contributed by atoms with Gasteiger partial charge in [0.1, 0.15) is 42.3 Å². The van der Waals surface area contributed by atoms with Gasteiger partial charge in [-0.05, 0) is 68.4 Å². The molecule has 25 heteroatoms. The minimum atomic E-state index is -1.85. The number of guanidine groups is 1. The lowest BCUT2D eigenvalue weighted by Crippen LogP contribution is -2.60. The number of carboxylic acids is 2. The van der Waals surface area contributed by atoms with Crippen molar-refractivity contribution in [1.82, 2.24) is 37.2 Å². The average Bonchev–Trinajstić information content (AvgIpc) is 3.24. The first-order valence-electron chi connectivity index (χ1n) is 22.0. The number of primary amides is 1. The fourth-order valence-electron chi connectivity index (χ4n) is 6.48. The molecule has 0 aliphatic carbocycles. The average molecular weight is 979 g/mol. The van der Waals surface area contributed by atoms with Crippen LogP contribution in [0.4, 0.5) is 0 Å². The third kappa shape index (κ3) is 23.8. The first-order chi connectivity index (χ1) is 31.8. The highest BCUT2D eigenvalue weighted by Crippen LogP contribution is 2.11. The fourth-order valence-corrected chi connectivity index (χ4v) is 6.95. The van der Waals surface area contributed by atoms with Crippen LogP contribution in [0, 0.1) is 11.8 Å². The van der Waals surface area contributed by atoms with Crippen molar-refractivity contribution in [1.29, 1.82) is 0 Å². The van der Waals surface area contributed by atoms with Gasteiger partial charge < -0.3 is 70.4 Å². The zero-order valence-electron chi connectivity index (χ0n) is 39.4. The van der Waals surface area contributed by atoms with E-state index in [0.29, 0.717) is 11.3 Å². The highest BCUT2D eigenvalue weighted by molar-refractivity contribution is 7.98. The van der Waals surface area contributed by atoms with E-state index < -0.39 is 120 Å². The largest absolute Gasteiger partial charge is 0.481 e. The van der Waals surface area contributed by atoms with Gasteiger partial charge in [-0.25, -0.2) is 4.79 Å². The smallest absolute Gasteiger partial charge is 0.326 e. The molecule has 1 aromatic rings. The van der Waals surface area contributed by atoms with E-state index in [1.165, 1.54) is 18.7 Å². The minimum Gasteiger partial charge on any atom is -0.481 e. The van der Waals surface area contributed by atoms with Crippen molar-refractivity contribution in [2.75, 3.05) is 18.6 Å². The molecule has 0 saturated heterocycles. The molecule has 0 unspecified atom stereocenters. The molecule has 1 aromatic carbocycles. The van der Waals surface area contributed by atoms with Gasteiger partial charge >= 0.3 is 11.9 Å². The summed E-state index contributed by atoms with van der Waals surface area (Å²) in [5, 5.41) is 36.4. The van der Waals surface area contributed by atoms with Crippen LogP contribution in [0.3, 0.4) is 0 Å². The Kier molecular flexibility index (Phi) is 26.9. The molecule has 8 atom stereocenters. The van der Waals surface area contributed by atoms with Gasteiger partial charge in [-0.15, -0.1) is 0 Å². The number of carbonyl (C=O) groups is 10. The summed E-state index contributed by atoms with van der Waals surface area (Å²) in [6, 6.07) is -2.75. The Morgan fingerprint density at radius 1 is 0.588 bits per heavy atom. The number of benzene rings is 1. The van der Waals surface area contributed by atoms with Crippen LogP contribution in [0.5, 0.6) is 0 Å². The van der Waals surface area contributed by atoms with Crippen molar-refractivity contribution in [3.8, 4) is 0 Å². The Balaban J connectivity index is 3.26. The van der Waals surface area contributed by atoms with E-state index in [4.69, 9.17) is 22.9 Å². The second-order valence-corrected chi connectivity index (χ2v) is 18.0. The number of carbonyl (C=O) groups excluding carboxylic acids is 8. The molecule has 0 aromatic heterocycles. The van der Waals surface area contributed by atoms with E-state index in [1.54, 1.807) is 50.4 Å². The van der Waals surface area contributed by atoms with Crippen molar-refractivity contribution < 1.29 is 58.2 Å². The molecule has 0 spiro atoms. The zero-order valence-corrected chi connectivity index (χ0v) is 40.2. The second-order valence-electron chi connectivity index (χ2n) is 17.0. The number of aliphatic carboxylic acids is 2. The number of nitrogens with zero attached hydrogens (tertiary/aromatic N) is 1. The minimum absolute atomic E-state index is 0.0229. The van der Waals surface area contributed by atoms with Gasteiger partial charge in [0, 0.05) is 13.0 Å². The first kappa shape index (κ1) is 59.5. The lowest BCUT2D eigenvalue weighted by molar-refractivity contribution is -0.142. The van der Waals surface area contributed by atoms with E-state index >= 15 is 0 Å². The number of nitrogens with two attached hydrogens (primary N) is 4. The second kappa shape index (κ2) is 30.7. The number of hydrogen-bond donors (Lipinski definition) is 13. The first-order valence-corrected chi connectivity index (χ1v) is 23.4. The monoisotopic (exact) mass is 978 g/mol. The summed E-state index contributed by atoms with van der Waals surface area (Å²) in [6.07, 6.45) is 0.466. The van der Waals surface area contributed by atoms with Crippen LogP contribution in [-0.4, -0.2) is 142 Å². The predicted molar refractivity (Wildman–Crippen MR) is 253 cm³/mol. The van der Waals surface area contributed by atoms with Gasteiger partial charge in [-0.2, -0.15) is 11.8 Å². The number of aliphatic imine (C=N–C) groups is 1. The molecule has 0 saturated carbocycles. The molecule has 0 aliphatic heterocycles. The topological polar surface area (TPSA) is 412 Å². The van der Waals surface area contributed by atoms with Crippen LogP contribution in [0.1, 0.15) is 85.1 Å². The van der Waals surface area contributed by atoms with Crippen LogP contribution in [0.15, 0.2) is 35.3 Å². The molecule has 24 nitrogen and oxygen atoms in total. The Hall–Kier alpha value is -6.50. The highest BCUT2D eigenvalue weighted by atomic mass is 32.2. The third-order valence-electron chi connectivity index (χ3n) is 9.92. The van der Waals surface area contributed by atoms with E-state index in [2.05, 4.69) is 42.2 Å². The quantitative estimate of drug-likeness (QED) is 0.0199. The van der Waals surface area contributed by atoms with Gasteiger partial charge in [0.15, 0.2) is 5.96 Å². The third-order valence-corrected chi connectivity index (χ3v) is 10.6. The molecule has 1 rings (SSSR count). The number of amides is 8. The molecule has 0 heterocycles.